The molecule has 0 saturated carbocycles. The maximum absolute atomic E-state index is 14.1. The smallest absolute Gasteiger partial charge is 0.273 e. The van der Waals surface area contributed by atoms with E-state index in [0.717, 1.165) is 22.5 Å². The molecule has 0 fully saturated rings. The molecule has 2 rings (SSSR count). The van der Waals surface area contributed by atoms with Crippen molar-refractivity contribution in [2.45, 2.75) is 11.4 Å². The van der Waals surface area contributed by atoms with E-state index in [2.05, 4.69) is 0 Å². The molecule has 0 radical (unpaired) electrons. The number of ether oxygens (including phenoxy) is 1. The van der Waals surface area contributed by atoms with E-state index < -0.39 is 20.8 Å². The number of hydrogen-bond donors (Lipinski definition) is 0. The number of nitrogens with zero attached hydrogens (tertiary/aromatic N) is 3. The van der Waals surface area contributed by atoms with E-state index in [-0.39, 0.29) is 35.0 Å². The van der Waals surface area contributed by atoms with Gasteiger partial charge in [-0.05, 0) is 26.2 Å². The summed E-state index contributed by atoms with van der Waals surface area (Å²) >= 11 is 0. The van der Waals surface area contributed by atoms with Crippen molar-refractivity contribution in [3.05, 3.63) is 64.0 Å². The van der Waals surface area contributed by atoms with Gasteiger partial charge in [0.1, 0.15) is 16.5 Å². The zero-order chi connectivity index (χ0) is 20.9. The molecule has 2 aromatic rings. The first-order valence-corrected chi connectivity index (χ1v) is 9.81. The lowest BCUT2D eigenvalue weighted by atomic mass is 10.2. The van der Waals surface area contributed by atoms with Crippen molar-refractivity contribution in [3.8, 4) is 5.75 Å². The third kappa shape index (κ3) is 5.03. The fourth-order valence-corrected chi connectivity index (χ4v) is 4.08. The molecule has 10 heteroatoms. The van der Waals surface area contributed by atoms with Crippen molar-refractivity contribution in [2.75, 3.05) is 34.3 Å². The molecular weight excluding hydrogens is 389 g/mol. The number of likely N-dealkylation sites (N-methyl/N-ethyl adjacent to an activating group) is 1. The Balaban J connectivity index is 2.48. The molecular formula is C18H22FN3O5S. The van der Waals surface area contributed by atoms with Crippen molar-refractivity contribution >= 4 is 15.7 Å². The van der Waals surface area contributed by atoms with Gasteiger partial charge in [-0.25, -0.2) is 12.8 Å². The summed E-state index contributed by atoms with van der Waals surface area (Å²) in [6, 6.07) is 9.22. The number of nitro groups is 1. The van der Waals surface area contributed by atoms with Crippen LogP contribution in [0.15, 0.2) is 47.4 Å². The van der Waals surface area contributed by atoms with Crippen LogP contribution < -0.4 is 4.74 Å². The third-order valence-corrected chi connectivity index (χ3v) is 5.96. The highest BCUT2D eigenvalue weighted by molar-refractivity contribution is 7.89. The molecule has 0 aliphatic rings. The van der Waals surface area contributed by atoms with Crippen LogP contribution in [-0.4, -0.2) is 56.8 Å². The summed E-state index contributed by atoms with van der Waals surface area (Å²) < 4.78 is 46.8. The van der Waals surface area contributed by atoms with Crippen LogP contribution in [0.1, 0.15) is 5.56 Å². The van der Waals surface area contributed by atoms with Crippen LogP contribution in [0.4, 0.5) is 10.1 Å². The van der Waals surface area contributed by atoms with Gasteiger partial charge in [-0.1, -0.05) is 18.2 Å². The van der Waals surface area contributed by atoms with E-state index >= 15 is 0 Å². The number of nitro benzene ring substituents is 1. The zero-order valence-electron chi connectivity index (χ0n) is 15.8. The number of non-ortho nitro benzene ring substituents is 1. The molecule has 0 heterocycles. The third-order valence-electron chi connectivity index (χ3n) is 4.08. The topological polar surface area (TPSA) is 93.0 Å². The van der Waals surface area contributed by atoms with Crippen molar-refractivity contribution < 1.29 is 22.5 Å². The molecule has 0 aliphatic carbocycles. The average Bonchev–Trinajstić information content (AvgIpc) is 2.65. The van der Waals surface area contributed by atoms with Gasteiger partial charge in [0.05, 0.1) is 18.1 Å². The Hall–Kier alpha value is -2.56. The minimum atomic E-state index is -4.10. The Morgan fingerprint density at radius 2 is 1.82 bits per heavy atom. The Labute approximate surface area is 163 Å². The summed E-state index contributed by atoms with van der Waals surface area (Å²) in [7, 11) is 0.715. The van der Waals surface area contributed by atoms with Gasteiger partial charge < -0.3 is 9.64 Å². The first-order valence-electron chi connectivity index (χ1n) is 8.37. The molecule has 0 aromatic heterocycles. The predicted molar refractivity (Wildman–Crippen MR) is 102 cm³/mol. The van der Waals surface area contributed by atoms with Gasteiger partial charge in [-0.3, -0.25) is 10.1 Å². The van der Waals surface area contributed by atoms with Crippen LogP contribution in [0.25, 0.3) is 0 Å². The lowest BCUT2D eigenvalue weighted by Crippen LogP contribution is -2.36. The van der Waals surface area contributed by atoms with Crippen LogP contribution in [0.3, 0.4) is 0 Å². The molecule has 0 bridgehead atoms. The van der Waals surface area contributed by atoms with E-state index in [1.54, 1.807) is 25.1 Å². The summed E-state index contributed by atoms with van der Waals surface area (Å²) in [5, 5.41) is 11.0. The molecule has 0 unspecified atom stereocenters. The van der Waals surface area contributed by atoms with Gasteiger partial charge in [0.2, 0.25) is 10.0 Å². The minimum Gasteiger partial charge on any atom is -0.495 e. The quantitative estimate of drug-likeness (QED) is 0.465. The number of sulfonamides is 1. The van der Waals surface area contributed by atoms with Crippen molar-refractivity contribution in [3.63, 3.8) is 0 Å². The second kappa shape index (κ2) is 9.09. The second-order valence-corrected chi connectivity index (χ2v) is 8.23. The molecule has 0 atom stereocenters. The fraction of sp³-hybridized carbons (Fsp3) is 0.333. The molecule has 0 spiro atoms. The number of hydrogen-bond acceptors (Lipinski definition) is 6. The van der Waals surface area contributed by atoms with Crippen molar-refractivity contribution in [1.29, 1.82) is 0 Å². The van der Waals surface area contributed by atoms with Gasteiger partial charge in [-0.15, -0.1) is 0 Å². The Bertz CT molecular complexity index is 950. The van der Waals surface area contributed by atoms with Gasteiger partial charge in [-0.2, -0.15) is 4.31 Å². The van der Waals surface area contributed by atoms with Crippen LogP contribution in [0.2, 0.25) is 0 Å². The Kier molecular flexibility index (Phi) is 7.05. The van der Waals surface area contributed by atoms with E-state index in [0.29, 0.717) is 6.54 Å². The van der Waals surface area contributed by atoms with Gasteiger partial charge >= 0.3 is 0 Å². The number of benzene rings is 2. The molecule has 0 saturated heterocycles. The number of methoxy groups -OCH3 is 1. The number of halogens is 1. The van der Waals surface area contributed by atoms with E-state index in [4.69, 9.17) is 4.74 Å². The largest absolute Gasteiger partial charge is 0.495 e. The van der Waals surface area contributed by atoms with Crippen molar-refractivity contribution in [1.82, 2.24) is 9.21 Å². The van der Waals surface area contributed by atoms with Crippen LogP contribution >= 0.6 is 0 Å². The molecule has 0 amide bonds. The highest BCUT2D eigenvalue weighted by atomic mass is 32.2. The number of rotatable bonds is 9. The average molecular weight is 411 g/mol. The van der Waals surface area contributed by atoms with E-state index in [1.165, 1.54) is 25.3 Å². The summed E-state index contributed by atoms with van der Waals surface area (Å²) in [6.45, 7) is 0.329. The Morgan fingerprint density at radius 3 is 2.39 bits per heavy atom. The first-order chi connectivity index (χ1) is 13.2. The van der Waals surface area contributed by atoms with Crippen LogP contribution in [-0.2, 0) is 16.6 Å². The maximum Gasteiger partial charge on any atom is 0.273 e. The maximum atomic E-state index is 14.1. The Morgan fingerprint density at radius 1 is 1.14 bits per heavy atom. The zero-order valence-corrected chi connectivity index (χ0v) is 16.6. The lowest BCUT2D eigenvalue weighted by Gasteiger charge is -2.25. The standard InChI is InChI=1S/C18H22FN3O5S/c1-20(2)10-11-21(13-14-6-4-5-7-16(14)19)28(25,26)18-9-8-15(22(23)24)12-17(18)27-3/h4-9,12H,10-11,13H2,1-3H3. The SMILES string of the molecule is COc1cc([N+](=O)[O-])ccc1S(=O)(=O)N(CCN(C)C)Cc1ccccc1F. The van der Waals surface area contributed by atoms with Gasteiger partial charge in [0.15, 0.2) is 0 Å². The second-order valence-electron chi connectivity index (χ2n) is 6.33. The van der Waals surface area contributed by atoms with E-state index in [9.17, 15) is 22.9 Å². The molecule has 152 valence electrons. The fourth-order valence-electron chi connectivity index (χ4n) is 2.53. The first kappa shape index (κ1) is 21.7. The van der Waals surface area contributed by atoms with Gasteiger partial charge in [0.25, 0.3) is 5.69 Å². The minimum absolute atomic E-state index is 0.101. The highest BCUT2D eigenvalue weighted by Gasteiger charge is 2.29. The summed E-state index contributed by atoms with van der Waals surface area (Å²) in [5.41, 5.74) is -0.0598. The lowest BCUT2D eigenvalue weighted by molar-refractivity contribution is -0.385. The summed E-state index contributed by atoms with van der Waals surface area (Å²) in [4.78, 5) is 11.9. The van der Waals surface area contributed by atoms with Gasteiger partial charge in [0, 0.05) is 31.3 Å². The molecule has 28 heavy (non-hydrogen) atoms. The van der Waals surface area contributed by atoms with E-state index in [1.807, 2.05) is 0 Å². The molecule has 0 aliphatic heterocycles. The monoisotopic (exact) mass is 411 g/mol. The summed E-state index contributed by atoms with van der Waals surface area (Å²) in [5.74, 6) is -0.652. The normalized spacial score (nSPS) is 11.8. The van der Waals surface area contributed by atoms with Crippen LogP contribution in [0.5, 0.6) is 5.75 Å². The van der Waals surface area contributed by atoms with Crippen LogP contribution in [0, 0.1) is 15.9 Å². The molecule has 0 N–H and O–H groups in total. The predicted octanol–water partition coefficient (Wildman–Crippen LogP) is 2.50. The molecule has 2 aromatic carbocycles. The summed E-state index contributed by atoms with van der Waals surface area (Å²) in [6.07, 6.45) is 0. The molecule has 8 nitrogen and oxygen atoms in total. The van der Waals surface area contributed by atoms with Crippen molar-refractivity contribution in [2.24, 2.45) is 0 Å². The highest BCUT2D eigenvalue weighted by Crippen LogP contribution is 2.31.